The highest BCUT2D eigenvalue weighted by molar-refractivity contribution is 7.10. The Morgan fingerprint density at radius 1 is 1.16 bits per heavy atom. The van der Waals surface area contributed by atoms with Crippen LogP contribution < -0.4 is 0 Å². The minimum Gasteiger partial charge on any atom is -0.465 e. The Balaban J connectivity index is 1.80. The minimum absolute atomic E-state index is 0.332. The lowest BCUT2D eigenvalue weighted by molar-refractivity contribution is 0.0601. The van der Waals surface area contributed by atoms with Crippen molar-refractivity contribution in [3.63, 3.8) is 0 Å². The molecule has 0 saturated carbocycles. The second-order valence-corrected chi connectivity index (χ2v) is 7.81. The summed E-state index contributed by atoms with van der Waals surface area (Å²) < 4.78 is 20.4. The van der Waals surface area contributed by atoms with E-state index in [0.717, 1.165) is 27.5 Å². The molecule has 0 radical (unpaired) electrons. The van der Waals surface area contributed by atoms with E-state index >= 15 is 0 Å². The predicted molar refractivity (Wildman–Crippen MR) is 120 cm³/mol. The molecule has 7 heteroatoms. The molecule has 2 heterocycles. The third-order valence-corrected chi connectivity index (χ3v) is 5.77. The average Bonchev–Trinajstić information content (AvgIpc) is 3.45. The maximum Gasteiger partial charge on any atom is 0.338 e. The van der Waals surface area contributed by atoms with Gasteiger partial charge in [0.25, 0.3) is 0 Å². The molecular weight excluding hydrogens is 413 g/mol. The summed E-state index contributed by atoms with van der Waals surface area (Å²) in [6.45, 7) is 2.57. The van der Waals surface area contributed by atoms with Crippen molar-refractivity contribution in [2.24, 2.45) is 0 Å². The molecule has 2 aromatic carbocycles. The van der Waals surface area contributed by atoms with Crippen LogP contribution in [0, 0.1) is 12.7 Å². The number of imidazole rings is 1. The lowest BCUT2D eigenvalue weighted by atomic mass is 9.96. The van der Waals surface area contributed by atoms with Crippen LogP contribution in [-0.4, -0.2) is 27.6 Å². The van der Waals surface area contributed by atoms with E-state index in [2.05, 4.69) is 14.5 Å². The number of benzene rings is 2. The SMILES string of the molecule is COC(=O)c1ccc(C=C(Cn2ccnc2C)c2nccs2)cc1-c1ccc(F)cc1. The fourth-order valence-electron chi connectivity index (χ4n) is 3.32. The van der Waals surface area contributed by atoms with Crippen LogP contribution in [0.1, 0.15) is 26.8 Å². The summed E-state index contributed by atoms with van der Waals surface area (Å²) >= 11 is 1.56. The van der Waals surface area contributed by atoms with Gasteiger partial charge in [0.05, 0.1) is 19.2 Å². The molecule has 0 spiro atoms. The second-order valence-electron chi connectivity index (χ2n) is 6.91. The summed E-state index contributed by atoms with van der Waals surface area (Å²) in [5, 5.41) is 2.85. The predicted octanol–water partition coefficient (Wildman–Crippen LogP) is 5.48. The molecular formula is C24H20FN3O2S. The standard InChI is InChI=1S/C24H20FN3O2S/c1-16-26-9-11-28(16)15-19(23-27-10-12-31-23)13-17-3-8-21(24(29)30-2)22(14-17)18-4-6-20(25)7-5-18/h3-14H,15H2,1-2H3. The van der Waals surface area contributed by atoms with Crippen molar-refractivity contribution >= 4 is 29.0 Å². The number of carbonyl (C=O) groups excluding carboxylic acids is 1. The first-order chi connectivity index (χ1) is 15.0. The van der Waals surface area contributed by atoms with E-state index in [4.69, 9.17) is 4.74 Å². The zero-order chi connectivity index (χ0) is 21.8. The van der Waals surface area contributed by atoms with Crippen LogP contribution in [-0.2, 0) is 11.3 Å². The van der Waals surface area contributed by atoms with Crippen molar-refractivity contribution in [2.45, 2.75) is 13.5 Å². The van der Waals surface area contributed by atoms with Crippen LogP contribution in [0.15, 0.2) is 66.4 Å². The normalized spacial score (nSPS) is 11.5. The Hall–Kier alpha value is -3.58. The third kappa shape index (κ3) is 4.62. The number of methoxy groups -OCH3 is 1. The van der Waals surface area contributed by atoms with Gasteiger partial charge in [0.2, 0.25) is 0 Å². The van der Waals surface area contributed by atoms with E-state index in [1.165, 1.54) is 19.2 Å². The lowest BCUT2D eigenvalue weighted by Crippen LogP contribution is -2.04. The van der Waals surface area contributed by atoms with Crippen LogP contribution in [0.4, 0.5) is 4.39 Å². The Labute approximate surface area is 183 Å². The molecule has 0 bridgehead atoms. The molecule has 0 aliphatic heterocycles. The van der Waals surface area contributed by atoms with Gasteiger partial charge < -0.3 is 9.30 Å². The monoisotopic (exact) mass is 433 g/mol. The first-order valence-corrected chi connectivity index (χ1v) is 10.5. The lowest BCUT2D eigenvalue weighted by Gasteiger charge is -2.12. The quantitative estimate of drug-likeness (QED) is 0.378. The first-order valence-electron chi connectivity index (χ1n) is 9.61. The number of carbonyl (C=O) groups is 1. The maximum absolute atomic E-state index is 13.4. The van der Waals surface area contributed by atoms with Crippen LogP contribution in [0.5, 0.6) is 0 Å². The highest BCUT2D eigenvalue weighted by Crippen LogP contribution is 2.29. The number of rotatable bonds is 6. The number of hydrogen-bond donors (Lipinski definition) is 0. The molecule has 0 aliphatic carbocycles. The minimum atomic E-state index is -0.441. The molecule has 31 heavy (non-hydrogen) atoms. The van der Waals surface area contributed by atoms with Crippen molar-refractivity contribution in [1.82, 2.24) is 14.5 Å². The van der Waals surface area contributed by atoms with E-state index in [-0.39, 0.29) is 5.82 Å². The van der Waals surface area contributed by atoms with Gasteiger partial charge in [-0.15, -0.1) is 11.3 Å². The average molecular weight is 434 g/mol. The molecule has 0 fully saturated rings. The summed E-state index contributed by atoms with van der Waals surface area (Å²) in [5.74, 6) is 0.140. The van der Waals surface area contributed by atoms with Crippen molar-refractivity contribution in [3.05, 3.63) is 94.2 Å². The van der Waals surface area contributed by atoms with E-state index in [1.807, 2.05) is 36.7 Å². The Bertz CT molecular complexity index is 1230. The second kappa shape index (κ2) is 9.06. The van der Waals surface area contributed by atoms with E-state index in [0.29, 0.717) is 17.7 Å². The molecule has 0 saturated heterocycles. The van der Waals surface area contributed by atoms with Gasteiger partial charge in [-0.2, -0.15) is 0 Å². The molecule has 2 aromatic heterocycles. The number of esters is 1. The number of hydrogen-bond acceptors (Lipinski definition) is 5. The van der Waals surface area contributed by atoms with Crippen molar-refractivity contribution in [2.75, 3.05) is 7.11 Å². The van der Waals surface area contributed by atoms with Gasteiger partial charge >= 0.3 is 5.97 Å². The highest BCUT2D eigenvalue weighted by Gasteiger charge is 2.15. The summed E-state index contributed by atoms with van der Waals surface area (Å²) in [6, 6.07) is 11.6. The molecule has 0 unspecified atom stereocenters. The molecule has 0 amide bonds. The largest absolute Gasteiger partial charge is 0.465 e. The Morgan fingerprint density at radius 3 is 2.61 bits per heavy atom. The van der Waals surface area contributed by atoms with Crippen molar-refractivity contribution in [3.8, 4) is 11.1 Å². The smallest absolute Gasteiger partial charge is 0.338 e. The zero-order valence-corrected chi connectivity index (χ0v) is 17.9. The Morgan fingerprint density at radius 2 is 1.97 bits per heavy atom. The number of nitrogens with zero attached hydrogens (tertiary/aromatic N) is 3. The molecule has 5 nitrogen and oxygen atoms in total. The van der Waals surface area contributed by atoms with E-state index in [9.17, 15) is 9.18 Å². The van der Waals surface area contributed by atoms with Gasteiger partial charge in [0.1, 0.15) is 16.6 Å². The topological polar surface area (TPSA) is 57.0 Å². The number of ether oxygens (including phenoxy) is 1. The fraction of sp³-hybridized carbons (Fsp3) is 0.125. The molecule has 156 valence electrons. The number of aryl methyl sites for hydroxylation is 1. The van der Waals surface area contributed by atoms with Crippen LogP contribution in [0.3, 0.4) is 0 Å². The number of thiazole rings is 1. The molecule has 4 aromatic rings. The van der Waals surface area contributed by atoms with Gasteiger partial charge in [-0.25, -0.2) is 19.2 Å². The van der Waals surface area contributed by atoms with Gasteiger partial charge in [0.15, 0.2) is 0 Å². The summed E-state index contributed by atoms with van der Waals surface area (Å²) in [7, 11) is 1.35. The van der Waals surface area contributed by atoms with Crippen LogP contribution >= 0.6 is 11.3 Å². The number of aromatic nitrogens is 3. The fourth-order valence-corrected chi connectivity index (χ4v) is 3.97. The third-order valence-electron chi connectivity index (χ3n) is 4.92. The molecule has 4 rings (SSSR count). The number of allylic oxidation sites excluding steroid dienone is 1. The summed E-state index contributed by atoms with van der Waals surface area (Å²) in [6.07, 6.45) is 7.53. The summed E-state index contributed by atoms with van der Waals surface area (Å²) in [5.41, 5.74) is 3.76. The Kier molecular flexibility index (Phi) is 6.04. The van der Waals surface area contributed by atoms with Crippen LogP contribution in [0.25, 0.3) is 22.8 Å². The zero-order valence-electron chi connectivity index (χ0n) is 17.1. The van der Waals surface area contributed by atoms with Gasteiger partial charge in [-0.05, 0) is 54.0 Å². The van der Waals surface area contributed by atoms with E-state index in [1.54, 1.807) is 41.9 Å². The van der Waals surface area contributed by atoms with Gasteiger partial charge in [-0.1, -0.05) is 18.2 Å². The number of halogens is 1. The summed E-state index contributed by atoms with van der Waals surface area (Å²) in [4.78, 5) is 21.1. The maximum atomic E-state index is 13.4. The highest BCUT2D eigenvalue weighted by atomic mass is 32.1. The van der Waals surface area contributed by atoms with Gasteiger partial charge in [0, 0.05) is 29.5 Å². The molecule has 0 N–H and O–H groups in total. The molecule has 0 atom stereocenters. The van der Waals surface area contributed by atoms with E-state index < -0.39 is 5.97 Å². The van der Waals surface area contributed by atoms with Crippen molar-refractivity contribution < 1.29 is 13.9 Å². The molecule has 0 aliphatic rings. The van der Waals surface area contributed by atoms with Crippen LogP contribution in [0.2, 0.25) is 0 Å². The first kappa shape index (κ1) is 20.7. The van der Waals surface area contributed by atoms with Crippen molar-refractivity contribution in [1.29, 1.82) is 0 Å². The van der Waals surface area contributed by atoms with Gasteiger partial charge in [-0.3, -0.25) is 0 Å².